The van der Waals surface area contributed by atoms with Gasteiger partial charge in [0.15, 0.2) is 0 Å². The fourth-order valence-corrected chi connectivity index (χ4v) is 12.4. The van der Waals surface area contributed by atoms with E-state index >= 15 is 0 Å². The second-order valence-corrected chi connectivity index (χ2v) is 29.9. The molecule has 0 aliphatic carbocycles. The number of hydrogen-bond acceptors (Lipinski definition) is 3. The summed E-state index contributed by atoms with van der Waals surface area (Å²) in [4.78, 5) is 7.31. The van der Waals surface area contributed by atoms with Crippen molar-refractivity contribution in [2.24, 2.45) is 0 Å². The molecule has 1 aliphatic heterocycles. The topological polar surface area (TPSA) is 6.48 Å². The maximum atomic E-state index is 2.40. The molecule has 0 bridgehead atoms. The molecule has 63 heavy (non-hydrogen) atoms. The van der Waals surface area contributed by atoms with Gasteiger partial charge in [0, 0.05) is 49.3 Å². The van der Waals surface area contributed by atoms with Crippen LogP contribution in [0.25, 0.3) is 44.2 Å². The zero-order valence-electron chi connectivity index (χ0n) is 36.9. The first kappa shape index (κ1) is 40.7. The van der Waals surface area contributed by atoms with Crippen LogP contribution in [-0.2, 0) is 0 Å². The molecule has 9 aromatic rings. The van der Waals surface area contributed by atoms with E-state index in [1.807, 2.05) is 11.8 Å². The standard InChI is InChI=1S/C58H52N2SSi2/c1-62(2,3)50-33-29-48(30-34-50)59(44-14-9-7-10-15-44)46-25-20-41(21-26-46)43-24-37-53-55-39-38-52(54-18-13-19-56(58(54)55)61-57(53)40-43)42-22-27-47(28-23-42)60(45-16-11-8-12-17-45)49-31-35-51(36-32-49)63(4,5)6/h7-40H,1-6H3. The van der Waals surface area contributed by atoms with Crippen LogP contribution < -0.4 is 20.2 Å². The first-order valence-corrected chi connectivity index (χ1v) is 29.8. The minimum Gasteiger partial charge on any atom is -0.311 e. The Morgan fingerprint density at radius 3 is 1.22 bits per heavy atom. The smallest absolute Gasteiger partial charge is 0.0775 e. The summed E-state index contributed by atoms with van der Waals surface area (Å²) in [7, 11) is -2.81. The van der Waals surface area contributed by atoms with Gasteiger partial charge in [-0.25, -0.2) is 0 Å². The maximum absolute atomic E-state index is 2.40. The molecule has 0 radical (unpaired) electrons. The summed E-state index contributed by atoms with van der Waals surface area (Å²) in [6.07, 6.45) is 0. The molecule has 0 aromatic heterocycles. The molecule has 0 spiro atoms. The highest BCUT2D eigenvalue weighted by Gasteiger charge is 2.23. The van der Waals surface area contributed by atoms with Crippen LogP contribution in [0.5, 0.6) is 0 Å². The van der Waals surface area contributed by atoms with E-state index < -0.39 is 16.1 Å². The Kier molecular flexibility index (Phi) is 10.6. The molecule has 1 aliphatic rings. The highest BCUT2D eigenvalue weighted by molar-refractivity contribution is 7.99. The van der Waals surface area contributed by atoms with Gasteiger partial charge in [-0.15, -0.1) is 0 Å². The summed E-state index contributed by atoms with van der Waals surface area (Å²) in [5.41, 5.74) is 14.4. The van der Waals surface area contributed by atoms with E-state index in [9.17, 15) is 0 Å². The zero-order chi connectivity index (χ0) is 43.3. The molecule has 0 atom stereocenters. The summed E-state index contributed by atoms with van der Waals surface area (Å²) in [6.45, 7) is 14.4. The Morgan fingerprint density at radius 2 is 0.730 bits per heavy atom. The van der Waals surface area contributed by atoms with Gasteiger partial charge in [-0.2, -0.15) is 0 Å². The third-order valence-electron chi connectivity index (χ3n) is 12.4. The Bertz CT molecular complexity index is 3060. The molecule has 0 amide bonds. The molecule has 308 valence electrons. The van der Waals surface area contributed by atoms with Gasteiger partial charge in [-0.1, -0.05) is 183 Å². The van der Waals surface area contributed by atoms with Gasteiger partial charge in [0.2, 0.25) is 0 Å². The number of nitrogens with zero attached hydrogens (tertiary/aromatic N) is 2. The average Bonchev–Trinajstić information content (AvgIpc) is 3.30. The number of anilines is 6. The molecule has 2 nitrogen and oxygen atoms in total. The van der Waals surface area contributed by atoms with Gasteiger partial charge in [0.25, 0.3) is 0 Å². The summed E-state index contributed by atoms with van der Waals surface area (Å²) in [5.74, 6) is 0. The summed E-state index contributed by atoms with van der Waals surface area (Å²) in [6, 6.07) is 76.4. The number of para-hydroxylation sites is 2. The van der Waals surface area contributed by atoms with Gasteiger partial charge in [0.05, 0.1) is 16.1 Å². The lowest BCUT2D eigenvalue weighted by atomic mass is 9.91. The molecule has 0 N–H and O–H groups in total. The lowest BCUT2D eigenvalue weighted by Gasteiger charge is -2.27. The monoisotopic (exact) mass is 864 g/mol. The fraction of sp³-hybridized carbons (Fsp3) is 0.103. The quantitative estimate of drug-likeness (QED) is 0.127. The first-order valence-electron chi connectivity index (χ1n) is 22.0. The number of rotatable bonds is 10. The van der Waals surface area contributed by atoms with Crippen LogP contribution in [0, 0.1) is 0 Å². The minimum absolute atomic E-state index is 1.14. The Hall–Kier alpha value is -6.38. The van der Waals surface area contributed by atoms with E-state index in [-0.39, 0.29) is 0 Å². The Balaban J connectivity index is 0.947. The molecule has 0 unspecified atom stereocenters. The third kappa shape index (κ3) is 7.97. The van der Waals surface area contributed by atoms with Crippen LogP contribution in [0.15, 0.2) is 216 Å². The molecule has 0 fully saturated rings. The van der Waals surface area contributed by atoms with E-state index in [2.05, 4.69) is 255 Å². The first-order chi connectivity index (χ1) is 30.5. The van der Waals surface area contributed by atoms with Crippen molar-refractivity contribution >= 4 is 83.2 Å². The van der Waals surface area contributed by atoms with Crippen molar-refractivity contribution in [1.29, 1.82) is 0 Å². The SMILES string of the molecule is C[Si](C)(C)c1ccc(N(c2ccccc2)c2ccc(-c3ccc4c(c3)Sc3cccc5c(-c6ccc(N(c7ccccc7)c7ccc([Si](C)(C)C)cc7)cc6)ccc-4c35)cc2)cc1. The van der Waals surface area contributed by atoms with E-state index in [0.717, 1.165) is 22.7 Å². The van der Waals surface area contributed by atoms with Crippen molar-refractivity contribution in [2.45, 2.75) is 49.1 Å². The molecule has 0 saturated heterocycles. The second kappa shape index (κ2) is 16.4. The third-order valence-corrected chi connectivity index (χ3v) is 17.6. The van der Waals surface area contributed by atoms with Crippen LogP contribution in [0.4, 0.5) is 34.1 Å². The van der Waals surface area contributed by atoms with Gasteiger partial charge in [-0.05, 0) is 124 Å². The van der Waals surface area contributed by atoms with E-state index in [4.69, 9.17) is 0 Å². The molecule has 5 heteroatoms. The maximum Gasteiger partial charge on any atom is 0.0775 e. The lowest BCUT2D eigenvalue weighted by Crippen LogP contribution is -2.37. The van der Waals surface area contributed by atoms with Crippen molar-refractivity contribution in [3.8, 4) is 33.4 Å². The van der Waals surface area contributed by atoms with E-state index in [1.165, 1.54) is 75.7 Å². The summed E-state index contributed by atoms with van der Waals surface area (Å²) >= 11 is 1.89. The van der Waals surface area contributed by atoms with E-state index in [0.29, 0.717) is 0 Å². The largest absolute Gasteiger partial charge is 0.311 e. The van der Waals surface area contributed by atoms with E-state index in [1.54, 1.807) is 0 Å². The van der Waals surface area contributed by atoms with Crippen LogP contribution in [-0.4, -0.2) is 16.1 Å². The molecule has 9 aromatic carbocycles. The zero-order valence-corrected chi connectivity index (χ0v) is 39.7. The molecular formula is C58H52N2SSi2. The van der Waals surface area contributed by atoms with Crippen molar-refractivity contribution in [3.63, 3.8) is 0 Å². The second-order valence-electron chi connectivity index (χ2n) is 18.7. The highest BCUT2D eigenvalue weighted by atomic mass is 32.2. The van der Waals surface area contributed by atoms with Crippen molar-refractivity contribution in [2.75, 3.05) is 9.80 Å². The Labute approximate surface area is 379 Å². The molecular weight excluding hydrogens is 813 g/mol. The van der Waals surface area contributed by atoms with Gasteiger partial charge in [-0.3, -0.25) is 0 Å². The van der Waals surface area contributed by atoms with Crippen LogP contribution in [0.3, 0.4) is 0 Å². The summed E-state index contributed by atoms with van der Waals surface area (Å²) < 4.78 is 0. The minimum atomic E-state index is -1.41. The average molecular weight is 865 g/mol. The summed E-state index contributed by atoms with van der Waals surface area (Å²) in [5, 5.41) is 5.56. The van der Waals surface area contributed by atoms with Gasteiger partial charge >= 0.3 is 0 Å². The number of fused-ring (bicyclic) bond motifs is 2. The fourth-order valence-electron chi connectivity index (χ4n) is 8.92. The van der Waals surface area contributed by atoms with Crippen LogP contribution in [0.2, 0.25) is 39.3 Å². The van der Waals surface area contributed by atoms with Crippen LogP contribution in [0.1, 0.15) is 0 Å². The normalized spacial score (nSPS) is 12.2. The van der Waals surface area contributed by atoms with Gasteiger partial charge in [0.1, 0.15) is 0 Å². The predicted octanol–water partition coefficient (Wildman–Crippen LogP) is 16.3. The van der Waals surface area contributed by atoms with Crippen molar-refractivity contribution in [1.82, 2.24) is 0 Å². The Morgan fingerprint density at radius 1 is 0.317 bits per heavy atom. The lowest BCUT2D eigenvalue weighted by molar-refractivity contribution is 1.28. The molecule has 0 saturated carbocycles. The van der Waals surface area contributed by atoms with Gasteiger partial charge < -0.3 is 9.80 Å². The number of benzene rings is 9. The number of hydrogen-bond donors (Lipinski definition) is 0. The predicted molar refractivity (Wildman–Crippen MR) is 280 cm³/mol. The van der Waals surface area contributed by atoms with Crippen molar-refractivity contribution < 1.29 is 0 Å². The van der Waals surface area contributed by atoms with Crippen molar-refractivity contribution in [3.05, 3.63) is 206 Å². The molecule has 1 heterocycles. The highest BCUT2D eigenvalue weighted by Crippen LogP contribution is 2.51. The van der Waals surface area contributed by atoms with Crippen LogP contribution >= 0.6 is 11.8 Å². The molecule has 10 rings (SSSR count).